The van der Waals surface area contributed by atoms with E-state index in [4.69, 9.17) is 4.74 Å². The third-order valence-electron chi connectivity index (χ3n) is 3.05. The summed E-state index contributed by atoms with van der Waals surface area (Å²) in [5.41, 5.74) is 2.71. The Balaban J connectivity index is 1.86. The van der Waals surface area contributed by atoms with E-state index in [1.165, 1.54) is 11.1 Å². The molecule has 0 atom stereocenters. The van der Waals surface area contributed by atoms with Gasteiger partial charge in [-0.05, 0) is 76.8 Å². The molecule has 0 aliphatic heterocycles. The van der Waals surface area contributed by atoms with Crippen molar-refractivity contribution in [1.29, 1.82) is 0 Å². The van der Waals surface area contributed by atoms with Crippen molar-refractivity contribution in [2.24, 2.45) is 0 Å². The molecule has 0 bridgehead atoms. The molecule has 0 radical (unpaired) electrons. The summed E-state index contributed by atoms with van der Waals surface area (Å²) in [5.74, 6) is 0.907. The van der Waals surface area contributed by atoms with E-state index < -0.39 is 0 Å². The normalized spacial score (nSPS) is 11.6. The first-order valence-electron chi connectivity index (χ1n) is 7.11. The van der Waals surface area contributed by atoms with E-state index in [1.807, 2.05) is 6.07 Å². The summed E-state index contributed by atoms with van der Waals surface area (Å²) in [7, 11) is 0. The largest absolute Gasteiger partial charge is 0.492 e. The lowest BCUT2D eigenvalue weighted by Crippen LogP contribution is -2.35. The Labute approximate surface area is 139 Å². The van der Waals surface area contributed by atoms with Crippen LogP contribution >= 0.6 is 27.3 Å². The van der Waals surface area contributed by atoms with Gasteiger partial charge in [-0.3, -0.25) is 0 Å². The van der Waals surface area contributed by atoms with Crippen LogP contribution in [0.1, 0.15) is 31.9 Å². The Morgan fingerprint density at radius 2 is 2.00 bits per heavy atom. The van der Waals surface area contributed by atoms with Gasteiger partial charge in [-0.15, -0.1) is 0 Å². The van der Waals surface area contributed by atoms with Gasteiger partial charge in [0, 0.05) is 18.5 Å². The molecule has 0 unspecified atom stereocenters. The number of rotatable bonds is 6. The maximum atomic E-state index is 5.85. The van der Waals surface area contributed by atoms with E-state index in [0.29, 0.717) is 6.61 Å². The molecule has 0 aliphatic carbocycles. The minimum absolute atomic E-state index is 0.127. The number of thiophene rings is 1. The number of nitrogens with one attached hydrogen (secondary N) is 1. The fraction of sp³-hybridized carbons (Fsp3) is 0.412. The van der Waals surface area contributed by atoms with Gasteiger partial charge in [0.1, 0.15) is 5.75 Å². The summed E-state index contributed by atoms with van der Waals surface area (Å²) in [6.07, 6.45) is 0.948. The minimum atomic E-state index is 0.127. The van der Waals surface area contributed by atoms with Crippen LogP contribution < -0.4 is 10.1 Å². The molecule has 114 valence electrons. The van der Waals surface area contributed by atoms with Gasteiger partial charge in [-0.2, -0.15) is 11.3 Å². The summed E-state index contributed by atoms with van der Waals surface area (Å²) < 4.78 is 6.86. The molecule has 0 fully saturated rings. The first-order valence-corrected chi connectivity index (χ1v) is 8.85. The molecule has 1 heterocycles. The van der Waals surface area contributed by atoms with Gasteiger partial charge in [0.15, 0.2) is 0 Å². The summed E-state index contributed by atoms with van der Waals surface area (Å²) in [6.45, 7) is 8.07. The third kappa shape index (κ3) is 5.81. The second kappa shape index (κ2) is 7.43. The SMILES string of the molecule is CC(C)(C)NCc1ccc(OCCc2ccsc2)c(Br)c1. The fourth-order valence-electron chi connectivity index (χ4n) is 1.85. The highest BCUT2D eigenvalue weighted by Gasteiger charge is 2.09. The third-order valence-corrected chi connectivity index (χ3v) is 4.40. The van der Waals surface area contributed by atoms with E-state index in [9.17, 15) is 0 Å². The van der Waals surface area contributed by atoms with Gasteiger partial charge in [0.2, 0.25) is 0 Å². The van der Waals surface area contributed by atoms with E-state index in [0.717, 1.165) is 23.2 Å². The Bertz CT molecular complexity index is 561. The van der Waals surface area contributed by atoms with Gasteiger partial charge in [0.25, 0.3) is 0 Å². The summed E-state index contributed by atoms with van der Waals surface area (Å²) in [5, 5.41) is 7.75. The topological polar surface area (TPSA) is 21.3 Å². The van der Waals surface area contributed by atoms with Gasteiger partial charge in [-0.1, -0.05) is 6.07 Å². The fourth-order valence-corrected chi connectivity index (χ4v) is 3.10. The average Bonchev–Trinajstić information content (AvgIpc) is 2.91. The van der Waals surface area contributed by atoms with E-state index in [-0.39, 0.29) is 5.54 Å². The lowest BCUT2D eigenvalue weighted by molar-refractivity contribution is 0.320. The zero-order chi connectivity index (χ0) is 15.3. The monoisotopic (exact) mass is 367 g/mol. The maximum absolute atomic E-state index is 5.85. The van der Waals surface area contributed by atoms with Crippen LogP contribution in [-0.4, -0.2) is 12.1 Å². The lowest BCUT2D eigenvalue weighted by atomic mass is 10.1. The first kappa shape index (κ1) is 16.5. The van der Waals surface area contributed by atoms with Crippen molar-refractivity contribution in [1.82, 2.24) is 5.32 Å². The van der Waals surface area contributed by atoms with Crippen molar-refractivity contribution < 1.29 is 4.74 Å². The van der Waals surface area contributed by atoms with Crippen LogP contribution in [0.15, 0.2) is 39.5 Å². The summed E-state index contributed by atoms with van der Waals surface area (Å²) >= 11 is 5.32. The molecule has 2 aromatic rings. The molecular weight excluding hydrogens is 346 g/mol. The number of benzene rings is 1. The highest BCUT2D eigenvalue weighted by Crippen LogP contribution is 2.26. The summed E-state index contributed by atoms with van der Waals surface area (Å²) in [4.78, 5) is 0. The standard InChI is InChI=1S/C17H22BrNOS/c1-17(2,3)19-11-14-4-5-16(15(18)10-14)20-8-6-13-7-9-21-12-13/h4-5,7,9-10,12,19H,6,8,11H2,1-3H3. The molecule has 0 amide bonds. The van der Waals surface area contributed by atoms with E-state index >= 15 is 0 Å². The van der Waals surface area contributed by atoms with Crippen LogP contribution in [0.4, 0.5) is 0 Å². The minimum Gasteiger partial charge on any atom is -0.492 e. The molecular formula is C17H22BrNOS. The van der Waals surface area contributed by atoms with Crippen molar-refractivity contribution in [2.75, 3.05) is 6.61 Å². The predicted octanol–water partition coefficient (Wildman–Crippen LogP) is 5.02. The molecule has 1 aromatic heterocycles. The number of halogens is 1. The van der Waals surface area contributed by atoms with Crippen molar-refractivity contribution in [2.45, 2.75) is 39.3 Å². The predicted molar refractivity (Wildman–Crippen MR) is 94.3 cm³/mol. The zero-order valence-electron chi connectivity index (χ0n) is 12.8. The van der Waals surface area contributed by atoms with Crippen LogP contribution in [0, 0.1) is 0 Å². The number of hydrogen-bond donors (Lipinski definition) is 1. The second-order valence-electron chi connectivity index (χ2n) is 6.10. The zero-order valence-corrected chi connectivity index (χ0v) is 15.2. The van der Waals surface area contributed by atoms with E-state index in [2.05, 4.69) is 71.0 Å². The van der Waals surface area contributed by atoms with Gasteiger partial charge in [0.05, 0.1) is 11.1 Å². The van der Waals surface area contributed by atoms with Crippen LogP contribution in [0.5, 0.6) is 5.75 Å². The molecule has 0 saturated carbocycles. The van der Waals surface area contributed by atoms with Gasteiger partial charge >= 0.3 is 0 Å². The van der Waals surface area contributed by atoms with Crippen LogP contribution in [0.25, 0.3) is 0 Å². The van der Waals surface area contributed by atoms with Gasteiger partial charge < -0.3 is 10.1 Å². The number of hydrogen-bond acceptors (Lipinski definition) is 3. The molecule has 4 heteroatoms. The van der Waals surface area contributed by atoms with Crippen LogP contribution in [0.3, 0.4) is 0 Å². The van der Waals surface area contributed by atoms with Crippen molar-refractivity contribution in [3.8, 4) is 5.75 Å². The Morgan fingerprint density at radius 1 is 1.19 bits per heavy atom. The van der Waals surface area contributed by atoms with Crippen molar-refractivity contribution in [3.63, 3.8) is 0 Å². The first-order chi connectivity index (χ1) is 9.94. The highest BCUT2D eigenvalue weighted by atomic mass is 79.9. The molecule has 1 aromatic carbocycles. The molecule has 2 nitrogen and oxygen atoms in total. The second-order valence-corrected chi connectivity index (χ2v) is 7.73. The average molecular weight is 368 g/mol. The molecule has 0 aliphatic rings. The quantitative estimate of drug-likeness (QED) is 0.773. The van der Waals surface area contributed by atoms with E-state index in [1.54, 1.807) is 11.3 Å². The Hall–Kier alpha value is -0.840. The van der Waals surface area contributed by atoms with Crippen LogP contribution in [-0.2, 0) is 13.0 Å². The molecule has 21 heavy (non-hydrogen) atoms. The lowest BCUT2D eigenvalue weighted by Gasteiger charge is -2.20. The Kier molecular flexibility index (Phi) is 5.85. The molecule has 0 saturated heterocycles. The highest BCUT2D eigenvalue weighted by molar-refractivity contribution is 9.10. The summed E-state index contributed by atoms with van der Waals surface area (Å²) in [6, 6.07) is 8.42. The van der Waals surface area contributed by atoms with Crippen LogP contribution in [0.2, 0.25) is 0 Å². The number of ether oxygens (including phenoxy) is 1. The smallest absolute Gasteiger partial charge is 0.133 e. The maximum Gasteiger partial charge on any atom is 0.133 e. The molecule has 0 spiro atoms. The molecule has 1 N–H and O–H groups in total. The van der Waals surface area contributed by atoms with Gasteiger partial charge in [-0.25, -0.2) is 0 Å². The molecule has 2 rings (SSSR count). The van der Waals surface area contributed by atoms with Crippen molar-refractivity contribution in [3.05, 3.63) is 50.6 Å². The Morgan fingerprint density at radius 3 is 2.62 bits per heavy atom. The van der Waals surface area contributed by atoms with Crippen molar-refractivity contribution >= 4 is 27.3 Å².